The molecule has 0 heterocycles. The Morgan fingerprint density at radius 2 is 1.30 bits per heavy atom. The number of aliphatic hydroxyl groups is 1. The Kier molecular flexibility index (Phi) is 14.3. The van der Waals surface area contributed by atoms with E-state index >= 15 is 0 Å². The van der Waals surface area contributed by atoms with E-state index in [0.717, 1.165) is 0 Å². The molecule has 0 aliphatic heterocycles. The lowest BCUT2D eigenvalue weighted by Gasteiger charge is -2.23. The van der Waals surface area contributed by atoms with Crippen LogP contribution in [0.1, 0.15) is 25.7 Å². The van der Waals surface area contributed by atoms with E-state index in [1.165, 1.54) is 0 Å². The molecule has 0 aliphatic carbocycles. The first-order valence-corrected chi connectivity index (χ1v) is 10.0. The number of carboxylic acid groups (broad SMARTS) is 1. The van der Waals surface area contributed by atoms with Crippen LogP contribution in [0.5, 0.6) is 0 Å². The van der Waals surface area contributed by atoms with E-state index in [2.05, 4.69) is 25.9 Å². The molecule has 0 aliphatic rings. The molecule has 0 bridgehead atoms. The molecule has 3 unspecified atom stereocenters. The molecule has 15 N–H and O–H groups in total. The van der Waals surface area contributed by atoms with Crippen molar-refractivity contribution in [3.05, 3.63) is 0 Å². The van der Waals surface area contributed by atoms with Gasteiger partial charge < -0.3 is 54.8 Å². The first-order valence-electron chi connectivity index (χ1n) is 10.0. The summed E-state index contributed by atoms with van der Waals surface area (Å²) in [5.74, 6) is -3.85. The fourth-order valence-electron chi connectivity index (χ4n) is 2.45. The minimum atomic E-state index is -1.39. The number of amides is 3. The zero-order chi connectivity index (χ0) is 25.4. The Hall–Kier alpha value is -3.66. The number of aliphatic carboxylic acids is 1. The van der Waals surface area contributed by atoms with Crippen LogP contribution in [0.4, 0.5) is 0 Å². The summed E-state index contributed by atoms with van der Waals surface area (Å²) in [6.07, 6.45) is 0.960. The number of rotatable bonds is 16. The number of guanidine groups is 2. The summed E-state index contributed by atoms with van der Waals surface area (Å²) in [4.78, 5) is 55.2. The highest BCUT2D eigenvalue weighted by Crippen LogP contribution is 2.01. The molecule has 3 amide bonds. The lowest BCUT2D eigenvalue weighted by Crippen LogP contribution is -2.57. The van der Waals surface area contributed by atoms with Crippen LogP contribution in [-0.2, 0) is 19.2 Å². The summed E-state index contributed by atoms with van der Waals surface area (Å²) in [5, 5.41) is 25.1. The molecule has 3 atom stereocenters. The van der Waals surface area contributed by atoms with Gasteiger partial charge in [-0.25, -0.2) is 0 Å². The van der Waals surface area contributed by atoms with E-state index in [9.17, 15) is 24.3 Å². The van der Waals surface area contributed by atoms with E-state index in [-0.39, 0.29) is 44.3 Å². The number of aliphatic hydroxyl groups excluding tert-OH is 1. The molecule has 0 aromatic carbocycles. The Labute approximate surface area is 190 Å². The highest BCUT2D eigenvalue weighted by atomic mass is 16.4. The predicted octanol–water partition coefficient (Wildman–Crippen LogP) is -5.42. The molecule has 0 aromatic rings. The Morgan fingerprint density at radius 3 is 1.79 bits per heavy atom. The Balaban J connectivity index is 4.97. The van der Waals surface area contributed by atoms with Gasteiger partial charge in [-0.2, -0.15) is 0 Å². The summed E-state index contributed by atoms with van der Waals surface area (Å²) in [5.41, 5.74) is 26.6. The number of nitrogens with two attached hydrogens (primary N) is 5. The van der Waals surface area contributed by atoms with Gasteiger partial charge in [0.25, 0.3) is 0 Å². The van der Waals surface area contributed by atoms with Gasteiger partial charge in [0.05, 0.1) is 12.6 Å². The number of nitrogens with zero attached hydrogens (tertiary/aromatic N) is 2. The van der Waals surface area contributed by atoms with Crippen LogP contribution >= 0.6 is 0 Å². The number of carbonyl (C=O) groups is 4. The van der Waals surface area contributed by atoms with Gasteiger partial charge in [0.15, 0.2) is 11.9 Å². The second kappa shape index (κ2) is 16.0. The molecule has 188 valence electrons. The smallest absolute Gasteiger partial charge is 0.322 e. The molecule has 0 rings (SSSR count). The van der Waals surface area contributed by atoms with Crippen LogP contribution in [0.2, 0.25) is 0 Å². The maximum absolute atomic E-state index is 12.5. The largest absolute Gasteiger partial charge is 0.480 e. The minimum absolute atomic E-state index is 0.0599. The van der Waals surface area contributed by atoms with Crippen molar-refractivity contribution in [2.75, 3.05) is 26.2 Å². The first kappa shape index (κ1) is 29.3. The fourth-order valence-corrected chi connectivity index (χ4v) is 2.45. The lowest BCUT2D eigenvalue weighted by atomic mass is 10.1. The second-order valence-electron chi connectivity index (χ2n) is 6.92. The maximum atomic E-state index is 12.5. The van der Waals surface area contributed by atoms with Crippen LogP contribution in [0.3, 0.4) is 0 Å². The van der Waals surface area contributed by atoms with Gasteiger partial charge in [0, 0.05) is 13.1 Å². The molecule has 0 saturated carbocycles. The van der Waals surface area contributed by atoms with Crippen LogP contribution in [-0.4, -0.2) is 90.2 Å². The van der Waals surface area contributed by atoms with E-state index in [0.29, 0.717) is 6.42 Å². The second-order valence-corrected chi connectivity index (χ2v) is 6.92. The number of carbonyl (C=O) groups excluding carboxylic acids is 3. The van der Waals surface area contributed by atoms with Gasteiger partial charge in [-0.15, -0.1) is 0 Å². The zero-order valence-corrected chi connectivity index (χ0v) is 18.2. The van der Waals surface area contributed by atoms with Crippen molar-refractivity contribution < 1.29 is 29.4 Å². The van der Waals surface area contributed by atoms with Crippen molar-refractivity contribution in [2.24, 2.45) is 38.7 Å². The molecule has 0 aromatic heterocycles. The van der Waals surface area contributed by atoms with Crippen molar-refractivity contribution in [2.45, 2.75) is 43.8 Å². The lowest BCUT2D eigenvalue weighted by molar-refractivity contribution is -0.138. The number of nitrogens with one attached hydrogen (secondary N) is 3. The summed E-state index contributed by atoms with van der Waals surface area (Å²) in [7, 11) is 0. The molecule has 0 radical (unpaired) electrons. The monoisotopic (exact) mass is 474 g/mol. The third kappa shape index (κ3) is 14.1. The standard InChI is InChI=1S/C17H34N10O6/c18-9(3-1-5-23-16(19)20)13(31)27-11(8-28)15(33)26-10(4-2-6-24-17(21)22)14(32)25-7-12(29)30/h9-11,28H,1-8,18H2,(H,25,32)(H,26,33)(H,27,31)(H,29,30)(H4,19,20,23)(H4,21,22,24). The molecular weight excluding hydrogens is 440 g/mol. The predicted molar refractivity (Wildman–Crippen MR) is 119 cm³/mol. The third-order valence-electron chi connectivity index (χ3n) is 4.11. The Bertz CT molecular complexity index is 721. The normalized spacial score (nSPS) is 13.0. The van der Waals surface area contributed by atoms with E-state index in [1.54, 1.807) is 0 Å². The SMILES string of the molecule is NC(N)=NCCCC(N)C(=O)NC(CO)C(=O)NC(CCCN=C(N)N)C(=O)NCC(=O)O. The van der Waals surface area contributed by atoms with Gasteiger partial charge in [0.1, 0.15) is 18.6 Å². The summed E-state index contributed by atoms with van der Waals surface area (Å²) < 4.78 is 0. The Morgan fingerprint density at radius 1 is 0.788 bits per heavy atom. The van der Waals surface area contributed by atoms with Crippen LogP contribution in [0.25, 0.3) is 0 Å². The van der Waals surface area contributed by atoms with Crippen molar-refractivity contribution >= 4 is 35.6 Å². The number of carboxylic acids is 1. The molecule has 0 spiro atoms. The van der Waals surface area contributed by atoms with Gasteiger partial charge in [-0.05, 0) is 25.7 Å². The van der Waals surface area contributed by atoms with E-state index < -0.39 is 55.0 Å². The van der Waals surface area contributed by atoms with E-state index in [4.69, 9.17) is 33.8 Å². The van der Waals surface area contributed by atoms with Crippen LogP contribution in [0.15, 0.2) is 9.98 Å². The average molecular weight is 475 g/mol. The van der Waals surface area contributed by atoms with Crippen LogP contribution in [0, 0.1) is 0 Å². The van der Waals surface area contributed by atoms with Crippen LogP contribution < -0.4 is 44.6 Å². The summed E-state index contributed by atoms with van der Waals surface area (Å²) >= 11 is 0. The number of hydrogen-bond donors (Lipinski definition) is 10. The minimum Gasteiger partial charge on any atom is -0.480 e. The van der Waals surface area contributed by atoms with Crippen molar-refractivity contribution in [3.63, 3.8) is 0 Å². The first-order chi connectivity index (χ1) is 15.5. The molecule has 0 fully saturated rings. The van der Waals surface area contributed by atoms with Gasteiger partial charge >= 0.3 is 5.97 Å². The van der Waals surface area contributed by atoms with Crippen molar-refractivity contribution in [1.82, 2.24) is 16.0 Å². The van der Waals surface area contributed by atoms with Gasteiger partial charge in [-0.3, -0.25) is 29.2 Å². The van der Waals surface area contributed by atoms with E-state index in [1.807, 2.05) is 0 Å². The molecular formula is C17H34N10O6. The topological polar surface area (TPSA) is 300 Å². The van der Waals surface area contributed by atoms with Crippen molar-refractivity contribution in [3.8, 4) is 0 Å². The number of hydrogen-bond acceptors (Lipinski definition) is 8. The summed E-state index contributed by atoms with van der Waals surface area (Å²) in [6, 6.07) is -3.55. The van der Waals surface area contributed by atoms with Gasteiger partial charge in [0.2, 0.25) is 17.7 Å². The molecule has 33 heavy (non-hydrogen) atoms. The quantitative estimate of drug-likeness (QED) is 0.0571. The zero-order valence-electron chi connectivity index (χ0n) is 18.2. The van der Waals surface area contributed by atoms with Crippen molar-refractivity contribution in [1.29, 1.82) is 0 Å². The number of aliphatic imine (C=N–C) groups is 2. The third-order valence-corrected chi connectivity index (χ3v) is 4.11. The molecule has 16 heteroatoms. The highest BCUT2D eigenvalue weighted by Gasteiger charge is 2.27. The fraction of sp³-hybridized carbons (Fsp3) is 0.647. The molecule has 16 nitrogen and oxygen atoms in total. The maximum Gasteiger partial charge on any atom is 0.322 e. The molecule has 0 saturated heterocycles. The van der Waals surface area contributed by atoms with Gasteiger partial charge in [-0.1, -0.05) is 0 Å². The summed E-state index contributed by atoms with van der Waals surface area (Å²) in [6.45, 7) is -1.00. The average Bonchev–Trinajstić information content (AvgIpc) is 2.74. The highest BCUT2D eigenvalue weighted by molar-refractivity contribution is 5.93.